The zero-order valence-corrected chi connectivity index (χ0v) is 12.5. The lowest BCUT2D eigenvalue weighted by molar-refractivity contribution is 0.135. The van der Waals surface area contributed by atoms with Gasteiger partial charge in [0, 0.05) is 20.3 Å². The highest BCUT2D eigenvalue weighted by atomic mass is 32.2. The van der Waals surface area contributed by atoms with Gasteiger partial charge in [0.25, 0.3) is 0 Å². The Kier molecular flexibility index (Phi) is 7.71. The molecule has 0 aliphatic heterocycles. The summed E-state index contributed by atoms with van der Waals surface area (Å²) in [6.45, 7) is 1.39. The Balaban J connectivity index is 2.53. The molecule has 114 valence electrons. The number of hydrogen-bond donors (Lipinski definition) is 2. The minimum atomic E-state index is -3.43. The molecule has 0 atom stereocenters. The lowest BCUT2D eigenvalue weighted by Crippen LogP contribution is -2.25. The first-order valence-corrected chi connectivity index (χ1v) is 7.97. The topological polar surface area (TPSA) is 90.6 Å². The molecule has 3 N–H and O–H groups in total. The summed E-state index contributed by atoms with van der Waals surface area (Å²) >= 11 is 0. The molecule has 1 rings (SSSR count). The van der Waals surface area contributed by atoms with Gasteiger partial charge in [0.15, 0.2) is 0 Å². The largest absolute Gasteiger partial charge is 0.385 e. The molecular weight excluding hydrogens is 280 g/mol. The Morgan fingerprint density at radius 3 is 2.45 bits per heavy atom. The van der Waals surface area contributed by atoms with Crippen LogP contribution in [0, 0.1) is 0 Å². The highest BCUT2D eigenvalue weighted by Gasteiger charge is 2.12. The van der Waals surface area contributed by atoms with Gasteiger partial charge in [0.1, 0.15) is 0 Å². The van der Waals surface area contributed by atoms with E-state index in [0.717, 1.165) is 18.4 Å². The van der Waals surface area contributed by atoms with Crippen LogP contribution >= 0.6 is 0 Å². The number of nitrogens with two attached hydrogens (primary N) is 1. The molecule has 6 nitrogen and oxygen atoms in total. The van der Waals surface area contributed by atoms with Gasteiger partial charge in [-0.2, -0.15) is 0 Å². The Morgan fingerprint density at radius 1 is 1.15 bits per heavy atom. The summed E-state index contributed by atoms with van der Waals surface area (Å²) in [7, 11) is -1.85. The van der Waals surface area contributed by atoms with Crippen LogP contribution in [0.25, 0.3) is 0 Å². The first kappa shape index (κ1) is 17.1. The molecule has 0 heterocycles. The average Bonchev–Trinajstić information content (AvgIpc) is 2.45. The lowest BCUT2D eigenvalue weighted by atomic mass is 10.1. The van der Waals surface area contributed by atoms with Gasteiger partial charge in [-0.05, 0) is 37.0 Å². The Morgan fingerprint density at radius 2 is 1.85 bits per heavy atom. The molecule has 0 saturated heterocycles. The van der Waals surface area contributed by atoms with Crippen molar-refractivity contribution >= 4 is 10.0 Å². The molecular formula is C13H22N2O4S. The zero-order chi connectivity index (χ0) is 14.8. The number of aryl methyl sites for hydroxylation is 1. The maximum atomic E-state index is 12.0. The summed E-state index contributed by atoms with van der Waals surface area (Å²) in [5, 5.41) is 0. The first-order valence-electron chi connectivity index (χ1n) is 6.49. The molecule has 20 heavy (non-hydrogen) atoms. The molecule has 0 spiro atoms. The van der Waals surface area contributed by atoms with Gasteiger partial charge in [-0.1, -0.05) is 12.1 Å². The summed E-state index contributed by atoms with van der Waals surface area (Å²) < 4.78 is 31.4. The van der Waals surface area contributed by atoms with Gasteiger partial charge in [-0.15, -0.1) is 0 Å². The molecule has 7 heteroatoms. The highest BCUT2D eigenvalue weighted by Crippen LogP contribution is 2.11. The van der Waals surface area contributed by atoms with Crippen LogP contribution in [0.4, 0.5) is 0 Å². The minimum Gasteiger partial charge on any atom is -0.385 e. The fourth-order valence-corrected chi connectivity index (χ4v) is 2.78. The van der Waals surface area contributed by atoms with Gasteiger partial charge in [0.2, 0.25) is 10.0 Å². The van der Waals surface area contributed by atoms with Crippen LogP contribution in [0.3, 0.4) is 0 Å². The predicted octanol–water partition coefficient (Wildman–Crippen LogP) is 0.824. The molecule has 0 saturated carbocycles. The van der Waals surface area contributed by atoms with Crippen molar-refractivity contribution in [3.05, 3.63) is 29.8 Å². The molecule has 0 aliphatic carbocycles. The third-order valence-electron chi connectivity index (χ3n) is 2.78. The number of sulfonamides is 1. The van der Waals surface area contributed by atoms with Crippen LogP contribution in [0.15, 0.2) is 29.2 Å². The summed E-state index contributed by atoms with van der Waals surface area (Å²) in [5.74, 6) is 4.95. The third kappa shape index (κ3) is 5.98. The van der Waals surface area contributed by atoms with Gasteiger partial charge >= 0.3 is 0 Å². The molecule has 0 aromatic heterocycles. The fourth-order valence-electron chi connectivity index (χ4n) is 1.70. The van der Waals surface area contributed by atoms with E-state index in [1.807, 2.05) is 0 Å². The van der Waals surface area contributed by atoms with Crippen molar-refractivity contribution in [3.63, 3.8) is 0 Å². The van der Waals surface area contributed by atoms with Crippen LogP contribution in [0.1, 0.15) is 18.4 Å². The van der Waals surface area contributed by atoms with Gasteiger partial charge in [-0.25, -0.2) is 19.0 Å². The van der Waals surface area contributed by atoms with Crippen molar-refractivity contribution in [1.29, 1.82) is 0 Å². The van der Waals surface area contributed by atoms with E-state index >= 15 is 0 Å². The number of benzene rings is 1. The molecule has 0 radical (unpaired) electrons. The van der Waals surface area contributed by atoms with E-state index in [1.165, 1.54) is 0 Å². The first-order chi connectivity index (χ1) is 9.60. The van der Waals surface area contributed by atoms with Crippen LogP contribution in [0.2, 0.25) is 0 Å². The molecule has 0 amide bonds. The number of methoxy groups -OCH3 is 1. The molecule has 0 bridgehead atoms. The van der Waals surface area contributed by atoms with Crippen LogP contribution < -0.4 is 10.6 Å². The van der Waals surface area contributed by atoms with E-state index in [-0.39, 0.29) is 4.90 Å². The van der Waals surface area contributed by atoms with Crippen LogP contribution in [0.5, 0.6) is 0 Å². The number of hydrogen-bond acceptors (Lipinski definition) is 5. The van der Waals surface area contributed by atoms with Crippen molar-refractivity contribution in [1.82, 2.24) is 4.72 Å². The second kappa shape index (κ2) is 9.04. The smallest absolute Gasteiger partial charge is 0.240 e. The third-order valence-corrected chi connectivity index (χ3v) is 4.26. The van der Waals surface area contributed by atoms with Crippen LogP contribution in [-0.4, -0.2) is 35.3 Å². The number of ether oxygens (including phenoxy) is 1. The Labute approximate surface area is 120 Å². The van der Waals surface area contributed by atoms with Crippen molar-refractivity contribution in [2.45, 2.75) is 24.2 Å². The summed E-state index contributed by atoms with van der Waals surface area (Å²) in [5.41, 5.74) is 1.06. The standard InChI is InChI=1S/C13H22N2O4S/c1-18-10-3-9-15-20(16,17)13-7-5-12(6-8-13)4-2-11-19-14/h5-8,15H,2-4,9-11,14H2,1H3. The Hall–Kier alpha value is -0.990. The minimum absolute atomic E-state index is 0.272. The molecule has 0 aliphatic rings. The Bertz CT molecular complexity index is 474. The van der Waals surface area contributed by atoms with Crippen LogP contribution in [-0.2, 0) is 26.0 Å². The molecule has 0 fully saturated rings. The fraction of sp³-hybridized carbons (Fsp3) is 0.538. The molecule has 1 aromatic carbocycles. The van der Waals surface area contributed by atoms with E-state index in [1.54, 1.807) is 31.4 Å². The molecule has 1 aromatic rings. The lowest BCUT2D eigenvalue weighted by Gasteiger charge is -2.07. The summed E-state index contributed by atoms with van der Waals surface area (Å²) in [6, 6.07) is 6.83. The van der Waals surface area contributed by atoms with E-state index in [0.29, 0.717) is 26.2 Å². The van der Waals surface area contributed by atoms with Crippen molar-refractivity contribution in [2.24, 2.45) is 5.90 Å². The monoisotopic (exact) mass is 302 g/mol. The van der Waals surface area contributed by atoms with Crippen molar-refractivity contribution in [3.8, 4) is 0 Å². The average molecular weight is 302 g/mol. The van der Waals surface area contributed by atoms with E-state index in [2.05, 4.69) is 9.56 Å². The normalized spacial score (nSPS) is 11.7. The highest BCUT2D eigenvalue weighted by molar-refractivity contribution is 7.89. The SMILES string of the molecule is COCCCNS(=O)(=O)c1ccc(CCCON)cc1. The van der Waals surface area contributed by atoms with Crippen molar-refractivity contribution < 1.29 is 18.0 Å². The second-order valence-corrected chi connectivity index (χ2v) is 6.13. The molecule has 0 unspecified atom stereocenters. The quantitative estimate of drug-likeness (QED) is 0.493. The maximum absolute atomic E-state index is 12.0. The van der Waals surface area contributed by atoms with Gasteiger partial charge < -0.3 is 9.57 Å². The van der Waals surface area contributed by atoms with Gasteiger partial charge in [0.05, 0.1) is 11.5 Å². The van der Waals surface area contributed by atoms with E-state index < -0.39 is 10.0 Å². The number of rotatable bonds is 10. The second-order valence-electron chi connectivity index (χ2n) is 4.36. The van der Waals surface area contributed by atoms with Crippen molar-refractivity contribution in [2.75, 3.05) is 26.9 Å². The van der Waals surface area contributed by atoms with E-state index in [4.69, 9.17) is 10.6 Å². The number of nitrogens with one attached hydrogen (secondary N) is 1. The maximum Gasteiger partial charge on any atom is 0.240 e. The van der Waals surface area contributed by atoms with E-state index in [9.17, 15) is 8.42 Å². The predicted molar refractivity (Wildman–Crippen MR) is 76.6 cm³/mol. The summed E-state index contributed by atoms with van der Waals surface area (Å²) in [6.07, 6.45) is 2.25. The summed E-state index contributed by atoms with van der Waals surface area (Å²) in [4.78, 5) is 4.76. The van der Waals surface area contributed by atoms with Gasteiger partial charge in [-0.3, -0.25) is 0 Å². The zero-order valence-electron chi connectivity index (χ0n) is 11.7.